The van der Waals surface area contributed by atoms with Gasteiger partial charge in [-0.2, -0.15) is 0 Å². The molecule has 1 aromatic rings. The lowest BCUT2D eigenvalue weighted by atomic mass is 10.3. The van der Waals surface area contributed by atoms with Gasteiger partial charge >= 0.3 is 0 Å². The molecule has 0 aliphatic carbocycles. The van der Waals surface area contributed by atoms with Crippen LogP contribution in [0.5, 0.6) is 5.75 Å². The lowest BCUT2D eigenvalue weighted by molar-refractivity contribution is 0.636. The van der Waals surface area contributed by atoms with Gasteiger partial charge in [-0.05, 0) is 46.4 Å². The SMILES string of the molecule is S=P(Cl)(Cl)Oc1ccccc1. The van der Waals surface area contributed by atoms with Crippen LogP contribution in [0.3, 0.4) is 0 Å². The van der Waals surface area contributed by atoms with Gasteiger partial charge in [0.15, 0.2) is 0 Å². The first-order valence-corrected chi connectivity index (χ1v) is 7.35. The average molecular weight is 227 g/mol. The van der Waals surface area contributed by atoms with Gasteiger partial charge in [-0.3, -0.25) is 0 Å². The first kappa shape index (κ1) is 9.34. The van der Waals surface area contributed by atoms with Crippen LogP contribution < -0.4 is 4.52 Å². The molecular weight excluding hydrogens is 222 g/mol. The highest BCUT2D eigenvalue weighted by Gasteiger charge is 2.09. The molecule has 0 aliphatic heterocycles. The summed E-state index contributed by atoms with van der Waals surface area (Å²) in [4.78, 5) is -2.61. The van der Waals surface area contributed by atoms with Crippen molar-refractivity contribution in [2.24, 2.45) is 0 Å². The van der Waals surface area contributed by atoms with Gasteiger partial charge in [0, 0.05) is 0 Å². The lowest BCUT2D eigenvalue weighted by Crippen LogP contribution is -1.78. The van der Waals surface area contributed by atoms with E-state index in [4.69, 9.17) is 27.0 Å². The molecule has 0 bridgehead atoms. The Morgan fingerprint density at radius 1 is 1.18 bits per heavy atom. The van der Waals surface area contributed by atoms with E-state index in [9.17, 15) is 0 Å². The van der Waals surface area contributed by atoms with Gasteiger partial charge in [0.25, 0.3) is 4.97 Å². The van der Waals surface area contributed by atoms with Crippen molar-refractivity contribution in [3.8, 4) is 5.75 Å². The van der Waals surface area contributed by atoms with Crippen molar-refractivity contribution in [2.75, 3.05) is 0 Å². The molecule has 0 aromatic heterocycles. The molecule has 0 N–H and O–H groups in total. The minimum Gasteiger partial charge on any atom is -0.441 e. The molecule has 0 fully saturated rings. The predicted octanol–water partition coefficient (Wildman–Crippen LogP) is 3.77. The fraction of sp³-hybridized carbons (Fsp3) is 0. The third-order valence-electron chi connectivity index (χ3n) is 0.955. The molecule has 0 saturated carbocycles. The molecule has 0 saturated heterocycles. The first-order chi connectivity index (χ1) is 5.08. The summed E-state index contributed by atoms with van der Waals surface area (Å²) in [5, 5.41) is 0. The monoisotopic (exact) mass is 226 g/mol. The summed E-state index contributed by atoms with van der Waals surface area (Å²) in [6.07, 6.45) is 0. The van der Waals surface area contributed by atoms with Gasteiger partial charge in [0.1, 0.15) is 5.75 Å². The van der Waals surface area contributed by atoms with Gasteiger partial charge in [-0.1, -0.05) is 18.2 Å². The van der Waals surface area contributed by atoms with Crippen molar-refractivity contribution in [3.63, 3.8) is 0 Å². The molecule has 11 heavy (non-hydrogen) atoms. The van der Waals surface area contributed by atoms with E-state index < -0.39 is 4.97 Å². The summed E-state index contributed by atoms with van der Waals surface area (Å²) in [6, 6.07) is 9.04. The Hall–Kier alpha value is 0.250. The summed E-state index contributed by atoms with van der Waals surface area (Å²) in [5.74, 6) is 0.612. The smallest absolute Gasteiger partial charge is 0.289 e. The highest BCUT2D eigenvalue weighted by Crippen LogP contribution is 2.57. The fourth-order valence-electron chi connectivity index (χ4n) is 0.604. The van der Waals surface area contributed by atoms with Gasteiger partial charge in [0.05, 0.1) is 0 Å². The second-order valence-electron chi connectivity index (χ2n) is 1.82. The molecular formula is C6H5Cl2OPS. The molecule has 60 valence electrons. The highest BCUT2D eigenvalue weighted by atomic mass is 35.9. The standard InChI is InChI=1S/C6H5Cl2OPS/c7-10(8,11)9-6-4-2-1-3-5-6/h1-5H. The Balaban J connectivity index is 2.74. The number of hydrogen-bond donors (Lipinski definition) is 0. The molecule has 0 amide bonds. The maximum absolute atomic E-state index is 5.54. The van der Waals surface area contributed by atoms with Gasteiger partial charge in [-0.25, -0.2) is 0 Å². The molecule has 1 nitrogen and oxygen atoms in total. The maximum atomic E-state index is 5.54. The predicted molar refractivity (Wildman–Crippen MR) is 53.1 cm³/mol. The molecule has 0 unspecified atom stereocenters. The maximum Gasteiger partial charge on any atom is 0.289 e. The third kappa shape index (κ3) is 3.97. The van der Waals surface area contributed by atoms with Crippen LogP contribution in [0.15, 0.2) is 30.3 Å². The number of rotatable bonds is 2. The van der Waals surface area contributed by atoms with Crippen LogP contribution in [0.25, 0.3) is 0 Å². The van der Waals surface area contributed by atoms with Crippen LogP contribution in [-0.4, -0.2) is 0 Å². The summed E-state index contributed by atoms with van der Waals surface area (Å²) < 4.78 is 5.06. The van der Waals surface area contributed by atoms with Crippen LogP contribution in [0.4, 0.5) is 0 Å². The van der Waals surface area contributed by atoms with Crippen molar-refractivity contribution in [3.05, 3.63) is 30.3 Å². The van der Waals surface area contributed by atoms with E-state index in [-0.39, 0.29) is 0 Å². The molecule has 0 radical (unpaired) electrons. The summed E-state index contributed by atoms with van der Waals surface area (Å²) in [6.45, 7) is 0. The largest absolute Gasteiger partial charge is 0.441 e. The average Bonchev–Trinajstić information content (AvgIpc) is 1.85. The van der Waals surface area contributed by atoms with Crippen molar-refractivity contribution in [2.45, 2.75) is 0 Å². The zero-order valence-electron chi connectivity index (χ0n) is 5.41. The van der Waals surface area contributed by atoms with Gasteiger partial charge in [0.2, 0.25) is 0 Å². The van der Waals surface area contributed by atoms with Crippen LogP contribution in [-0.2, 0) is 11.8 Å². The Bertz CT molecular complexity index is 271. The molecule has 0 spiro atoms. The Morgan fingerprint density at radius 3 is 2.18 bits per heavy atom. The Kier molecular flexibility index (Phi) is 3.20. The normalized spacial score (nSPS) is 11.1. The van der Waals surface area contributed by atoms with Gasteiger partial charge < -0.3 is 4.52 Å². The van der Waals surface area contributed by atoms with Crippen molar-refractivity contribution < 1.29 is 4.52 Å². The zero-order chi connectivity index (χ0) is 8.32. The van der Waals surface area contributed by atoms with E-state index in [1.54, 1.807) is 12.1 Å². The van der Waals surface area contributed by atoms with E-state index in [0.717, 1.165) is 0 Å². The third-order valence-corrected chi connectivity index (χ3v) is 2.02. The van der Waals surface area contributed by atoms with Crippen molar-refractivity contribution >= 4 is 39.3 Å². The minimum atomic E-state index is -2.61. The first-order valence-electron chi connectivity index (χ1n) is 2.82. The van der Waals surface area contributed by atoms with Gasteiger partial charge in [-0.15, -0.1) is 0 Å². The topological polar surface area (TPSA) is 9.23 Å². The molecule has 1 aromatic carbocycles. The molecule has 0 aliphatic rings. The van der Waals surface area contributed by atoms with Crippen LogP contribution >= 0.6 is 27.5 Å². The fourth-order valence-corrected chi connectivity index (χ4v) is 1.71. The van der Waals surface area contributed by atoms with E-state index in [0.29, 0.717) is 5.75 Å². The van der Waals surface area contributed by atoms with Crippen LogP contribution in [0, 0.1) is 0 Å². The number of para-hydroxylation sites is 1. The van der Waals surface area contributed by atoms with E-state index in [2.05, 4.69) is 11.8 Å². The molecule has 0 heterocycles. The Morgan fingerprint density at radius 2 is 1.73 bits per heavy atom. The molecule has 1 rings (SSSR count). The summed E-state index contributed by atoms with van der Waals surface area (Å²) in [5.41, 5.74) is 0. The van der Waals surface area contributed by atoms with Crippen LogP contribution in [0.1, 0.15) is 0 Å². The number of hydrogen-bond acceptors (Lipinski definition) is 2. The number of halogens is 2. The Labute approximate surface area is 79.9 Å². The van der Waals surface area contributed by atoms with Crippen LogP contribution in [0.2, 0.25) is 0 Å². The molecule has 0 atom stereocenters. The van der Waals surface area contributed by atoms with Crippen molar-refractivity contribution in [1.82, 2.24) is 0 Å². The summed E-state index contributed by atoms with van der Waals surface area (Å²) >= 11 is 15.8. The quantitative estimate of drug-likeness (QED) is 0.711. The van der Waals surface area contributed by atoms with Crippen molar-refractivity contribution in [1.29, 1.82) is 0 Å². The minimum absolute atomic E-state index is 0.612. The number of benzene rings is 1. The zero-order valence-corrected chi connectivity index (χ0v) is 8.63. The second kappa shape index (κ2) is 3.77. The summed E-state index contributed by atoms with van der Waals surface area (Å²) in [7, 11) is 0. The molecule has 5 heteroatoms. The van der Waals surface area contributed by atoms with E-state index in [1.807, 2.05) is 18.2 Å². The highest BCUT2D eigenvalue weighted by molar-refractivity contribution is 8.36. The lowest BCUT2D eigenvalue weighted by Gasteiger charge is -2.07. The van der Waals surface area contributed by atoms with E-state index in [1.165, 1.54) is 0 Å². The van der Waals surface area contributed by atoms with E-state index >= 15 is 0 Å². The second-order valence-corrected chi connectivity index (χ2v) is 8.95.